The van der Waals surface area contributed by atoms with E-state index in [0.29, 0.717) is 68.0 Å². The monoisotopic (exact) mass is 649 g/mol. The molecule has 0 aromatic heterocycles. The van der Waals surface area contributed by atoms with Gasteiger partial charge < -0.3 is 14.4 Å². The van der Waals surface area contributed by atoms with Crippen molar-refractivity contribution in [2.75, 3.05) is 19.7 Å². The fourth-order valence-corrected chi connectivity index (χ4v) is 13.3. The standard InChI is InChI=1S/C41H63NO5/c1-10-40(36(45)46-11-2)22-24-42(25-23-40)35(44)41-20-14-28(26(3)4)34(41)29-12-13-32-38(8,30(29)15-21-41)18-16-31-37(6,7)33(47-27(5)43)17-19-39(31,32)9/h15,28-29,31-34H,3,10-14,16-25H2,1-2,4-9H3/t28-,29-,31-,32-,33?,34+,38-,39-,41-/m0/s1. The van der Waals surface area contributed by atoms with Crippen LogP contribution < -0.4 is 0 Å². The van der Waals surface area contributed by atoms with E-state index in [2.05, 4.69) is 59.1 Å². The van der Waals surface area contributed by atoms with Gasteiger partial charge in [0.1, 0.15) is 6.10 Å². The molecule has 1 saturated heterocycles. The lowest BCUT2D eigenvalue weighted by molar-refractivity contribution is -0.194. The summed E-state index contributed by atoms with van der Waals surface area (Å²) in [6.07, 6.45) is 14.2. The number of fused-ring (bicyclic) bond motifs is 7. The molecule has 1 unspecified atom stereocenters. The molecular weight excluding hydrogens is 586 g/mol. The van der Waals surface area contributed by atoms with Crippen LogP contribution in [0.15, 0.2) is 23.8 Å². The molecule has 47 heavy (non-hydrogen) atoms. The van der Waals surface area contributed by atoms with E-state index < -0.39 is 5.41 Å². The van der Waals surface area contributed by atoms with Gasteiger partial charge >= 0.3 is 11.9 Å². The lowest BCUT2D eigenvalue weighted by Crippen LogP contribution is -2.62. The van der Waals surface area contributed by atoms with Gasteiger partial charge in [-0.25, -0.2) is 0 Å². The van der Waals surface area contributed by atoms with Crippen LogP contribution >= 0.6 is 0 Å². The molecule has 0 N–H and O–H groups in total. The van der Waals surface area contributed by atoms with Gasteiger partial charge in [0.15, 0.2) is 0 Å². The lowest BCUT2D eigenvalue weighted by Gasteiger charge is -2.67. The number of likely N-dealkylation sites (tertiary alicyclic amines) is 1. The summed E-state index contributed by atoms with van der Waals surface area (Å²) in [5, 5.41) is 0. The zero-order chi connectivity index (χ0) is 34.2. The molecule has 9 atom stereocenters. The van der Waals surface area contributed by atoms with E-state index in [9.17, 15) is 14.4 Å². The highest BCUT2D eigenvalue weighted by atomic mass is 16.5. The van der Waals surface area contributed by atoms with Gasteiger partial charge in [0.25, 0.3) is 0 Å². The number of hydrogen-bond acceptors (Lipinski definition) is 5. The third-order valence-corrected chi connectivity index (χ3v) is 15.7. The Labute approximate surface area is 284 Å². The molecule has 1 amide bonds. The van der Waals surface area contributed by atoms with Crippen molar-refractivity contribution < 1.29 is 23.9 Å². The van der Waals surface area contributed by atoms with Crippen molar-refractivity contribution in [2.45, 2.75) is 139 Å². The van der Waals surface area contributed by atoms with E-state index in [1.165, 1.54) is 18.4 Å². The van der Waals surface area contributed by atoms with Crippen molar-refractivity contribution >= 4 is 17.8 Å². The quantitative estimate of drug-likeness (QED) is 0.213. The van der Waals surface area contributed by atoms with Gasteiger partial charge in [-0.2, -0.15) is 0 Å². The van der Waals surface area contributed by atoms with E-state index in [-0.39, 0.29) is 39.7 Å². The number of ether oxygens (including phenoxy) is 2. The highest BCUT2D eigenvalue weighted by Crippen LogP contribution is 2.73. The highest BCUT2D eigenvalue weighted by Gasteiger charge is 2.67. The minimum absolute atomic E-state index is 0.0105. The normalized spacial score (nSPS) is 41.7. The molecule has 6 nitrogen and oxygen atoms in total. The summed E-state index contributed by atoms with van der Waals surface area (Å²) in [5.41, 5.74) is 2.33. The average molecular weight is 650 g/mol. The Kier molecular flexibility index (Phi) is 8.90. The lowest BCUT2D eigenvalue weighted by atomic mass is 9.38. The van der Waals surface area contributed by atoms with Crippen LogP contribution in [0.5, 0.6) is 0 Å². The topological polar surface area (TPSA) is 72.9 Å². The third kappa shape index (κ3) is 5.10. The predicted molar refractivity (Wildman–Crippen MR) is 185 cm³/mol. The summed E-state index contributed by atoms with van der Waals surface area (Å²) < 4.78 is 11.4. The molecule has 6 rings (SSSR count). The van der Waals surface area contributed by atoms with Gasteiger partial charge in [0.05, 0.1) is 17.4 Å². The van der Waals surface area contributed by atoms with Crippen molar-refractivity contribution in [2.24, 2.45) is 56.7 Å². The van der Waals surface area contributed by atoms with Gasteiger partial charge in [-0.15, -0.1) is 0 Å². The maximum absolute atomic E-state index is 14.9. The van der Waals surface area contributed by atoms with Crippen LogP contribution in [0.2, 0.25) is 0 Å². The second-order valence-electron chi connectivity index (χ2n) is 17.9. The summed E-state index contributed by atoms with van der Waals surface area (Å²) in [6, 6.07) is 0. The van der Waals surface area contributed by atoms with E-state index in [0.717, 1.165) is 51.4 Å². The summed E-state index contributed by atoms with van der Waals surface area (Å²) in [5.74, 6) is 2.30. The van der Waals surface area contributed by atoms with Crippen molar-refractivity contribution in [3.05, 3.63) is 23.8 Å². The van der Waals surface area contributed by atoms with Gasteiger partial charge in [-0.1, -0.05) is 58.4 Å². The summed E-state index contributed by atoms with van der Waals surface area (Å²) in [4.78, 5) is 42.0. The molecule has 4 saturated carbocycles. The first-order chi connectivity index (χ1) is 22.1. The van der Waals surface area contributed by atoms with E-state index in [1.807, 2.05) is 6.92 Å². The SMILES string of the molecule is C=C(C)[C@@H]1CC[C@]2(C(=O)N3CCC(CC)(C(=O)OCC)CC3)CC=C3[C@H](CC[C@@H]4[C@@]5(C)CCC(OC(C)=O)C(C)(C)[C@@H]5CC[C@@]34C)[C@@H]12. The van der Waals surface area contributed by atoms with Crippen LogP contribution in [-0.4, -0.2) is 48.5 Å². The number of piperidine rings is 1. The van der Waals surface area contributed by atoms with Gasteiger partial charge in [-0.3, -0.25) is 14.4 Å². The Morgan fingerprint density at radius 1 is 0.894 bits per heavy atom. The van der Waals surface area contributed by atoms with Gasteiger partial charge in [-0.05, 0) is 131 Å². The molecule has 0 aromatic carbocycles. The van der Waals surface area contributed by atoms with Crippen molar-refractivity contribution in [3.8, 4) is 0 Å². The van der Waals surface area contributed by atoms with Crippen LogP contribution in [0.25, 0.3) is 0 Å². The summed E-state index contributed by atoms with van der Waals surface area (Å²) in [6.45, 7) is 23.8. The number of carbonyl (C=O) groups excluding carboxylic acids is 3. The average Bonchev–Trinajstić information content (AvgIpc) is 3.44. The minimum atomic E-state index is -0.465. The van der Waals surface area contributed by atoms with E-state index in [4.69, 9.17) is 9.47 Å². The van der Waals surface area contributed by atoms with Gasteiger partial charge in [0.2, 0.25) is 5.91 Å². The maximum atomic E-state index is 14.9. The Hall–Kier alpha value is -2.11. The van der Waals surface area contributed by atoms with Crippen LogP contribution in [0, 0.1) is 56.7 Å². The smallest absolute Gasteiger partial charge is 0.312 e. The molecule has 6 aliphatic rings. The molecule has 6 heteroatoms. The molecule has 0 spiro atoms. The molecule has 1 aliphatic heterocycles. The first-order valence-corrected chi connectivity index (χ1v) is 19.1. The Balaban J connectivity index is 1.29. The first kappa shape index (κ1) is 34.7. The zero-order valence-electron chi connectivity index (χ0n) is 30.8. The second kappa shape index (κ2) is 12.0. The minimum Gasteiger partial charge on any atom is -0.466 e. The molecular formula is C41H63NO5. The van der Waals surface area contributed by atoms with Crippen molar-refractivity contribution in [1.82, 2.24) is 4.90 Å². The van der Waals surface area contributed by atoms with Gasteiger partial charge in [0, 0.05) is 25.4 Å². The number of esters is 2. The Bertz CT molecular complexity index is 1320. The van der Waals surface area contributed by atoms with Crippen LogP contribution in [0.1, 0.15) is 132 Å². The summed E-state index contributed by atoms with van der Waals surface area (Å²) >= 11 is 0. The first-order valence-electron chi connectivity index (χ1n) is 19.1. The Morgan fingerprint density at radius 2 is 1.60 bits per heavy atom. The fraction of sp³-hybridized carbons (Fsp3) is 0.829. The predicted octanol–water partition coefficient (Wildman–Crippen LogP) is 8.69. The van der Waals surface area contributed by atoms with Crippen molar-refractivity contribution in [1.29, 1.82) is 0 Å². The number of rotatable bonds is 6. The Morgan fingerprint density at radius 3 is 2.21 bits per heavy atom. The molecule has 262 valence electrons. The number of nitrogens with zero attached hydrogens (tertiary/aromatic N) is 1. The largest absolute Gasteiger partial charge is 0.466 e. The molecule has 1 heterocycles. The highest BCUT2D eigenvalue weighted by molar-refractivity contribution is 5.85. The molecule has 0 bridgehead atoms. The van der Waals surface area contributed by atoms with E-state index in [1.54, 1.807) is 12.5 Å². The second-order valence-corrected chi connectivity index (χ2v) is 17.9. The van der Waals surface area contributed by atoms with Crippen LogP contribution in [0.3, 0.4) is 0 Å². The third-order valence-electron chi connectivity index (χ3n) is 15.7. The fourth-order valence-electron chi connectivity index (χ4n) is 13.3. The number of allylic oxidation sites excluding steroid dienone is 3. The number of hydrogen-bond donors (Lipinski definition) is 0. The van der Waals surface area contributed by atoms with Crippen molar-refractivity contribution in [3.63, 3.8) is 0 Å². The molecule has 5 aliphatic carbocycles. The zero-order valence-corrected chi connectivity index (χ0v) is 30.8. The summed E-state index contributed by atoms with van der Waals surface area (Å²) in [7, 11) is 0. The number of carbonyl (C=O) groups is 3. The molecule has 0 aromatic rings. The maximum Gasteiger partial charge on any atom is 0.312 e. The molecule has 5 fully saturated rings. The molecule has 0 radical (unpaired) electrons. The van der Waals surface area contributed by atoms with Crippen LogP contribution in [-0.2, 0) is 23.9 Å². The number of amides is 1. The van der Waals surface area contributed by atoms with E-state index >= 15 is 0 Å². The van der Waals surface area contributed by atoms with Crippen LogP contribution in [0.4, 0.5) is 0 Å².